The molecule has 2 aromatic carbocycles. The largest absolute Gasteiger partial charge is 0.457 e. The summed E-state index contributed by atoms with van der Waals surface area (Å²) >= 11 is 0. The van der Waals surface area contributed by atoms with Crippen LogP contribution in [0.2, 0.25) is 0 Å². The fraction of sp³-hybridized carbons (Fsp3) is 0.115. The third kappa shape index (κ3) is 6.07. The Morgan fingerprint density at radius 1 is 1.03 bits per heavy atom. The smallest absolute Gasteiger partial charge is 0.267 e. The molecule has 0 atom stereocenters. The van der Waals surface area contributed by atoms with E-state index in [0.717, 1.165) is 0 Å². The lowest BCUT2D eigenvalue weighted by Gasteiger charge is -2.11. The minimum atomic E-state index is -0.436. The summed E-state index contributed by atoms with van der Waals surface area (Å²) in [6, 6.07) is 17.9. The van der Waals surface area contributed by atoms with Crippen molar-refractivity contribution in [3.05, 3.63) is 108 Å². The number of aromatic nitrogens is 2. The molecule has 0 saturated heterocycles. The van der Waals surface area contributed by atoms with E-state index < -0.39 is 11.8 Å². The van der Waals surface area contributed by atoms with Gasteiger partial charge in [-0.15, -0.1) is 0 Å². The maximum Gasteiger partial charge on any atom is 0.267 e. The van der Waals surface area contributed by atoms with Crippen molar-refractivity contribution < 1.29 is 18.4 Å². The van der Waals surface area contributed by atoms with Crippen LogP contribution >= 0.6 is 0 Å². The molecule has 0 spiro atoms. The van der Waals surface area contributed by atoms with E-state index in [0.29, 0.717) is 42.2 Å². The van der Waals surface area contributed by atoms with Crippen LogP contribution < -0.4 is 10.6 Å². The van der Waals surface area contributed by atoms with Gasteiger partial charge >= 0.3 is 0 Å². The maximum atomic E-state index is 13.2. The third-order valence-electron chi connectivity index (χ3n) is 5.01. The number of hydrogen-bond donors (Lipinski definition) is 2. The monoisotopic (exact) mass is 458 g/mol. The zero-order valence-electron chi connectivity index (χ0n) is 18.3. The van der Waals surface area contributed by atoms with Crippen LogP contribution in [0.4, 0.5) is 4.39 Å². The summed E-state index contributed by atoms with van der Waals surface area (Å²) in [6.07, 6.45) is 7.42. The number of nitrogens with zero attached hydrogens (tertiary/aromatic N) is 2. The molecule has 0 aliphatic heterocycles. The molecule has 172 valence electrons. The van der Waals surface area contributed by atoms with Crippen LogP contribution in [-0.4, -0.2) is 27.9 Å². The van der Waals surface area contributed by atoms with Crippen molar-refractivity contribution >= 4 is 17.9 Å². The molecule has 4 aromatic rings. The molecule has 0 unspecified atom stereocenters. The molecule has 0 fully saturated rings. The van der Waals surface area contributed by atoms with Crippen LogP contribution in [0, 0.1) is 5.82 Å². The summed E-state index contributed by atoms with van der Waals surface area (Å²) in [5.41, 5.74) is 1.17. The number of benzene rings is 2. The first-order chi connectivity index (χ1) is 16.6. The van der Waals surface area contributed by atoms with Crippen LogP contribution in [-0.2, 0) is 11.3 Å². The maximum absolute atomic E-state index is 13.2. The number of carbonyl (C=O) groups excluding carboxylic acids is 2. The zero-order chi connectivity index (χ0) is 23.8. The Labute approximate surface area is 195 Å². The van der Waals surface area contributed by atoms with E-state index in [2.05, 4.69) is 15.6 Å². The van der Waals surface area contributed by atoms with Crippen molar-refractivity contribution in [1.29, 1.82) is 0 Å². The van der Waals surface area contributed by atoms with Gasteiger partial charge in [0.25, 0.3) is 11.8 Å². The van der Waals surface area contributed by atoms with E-state index >= 15 is 0 Å². The summed E-state index contributed by atoms with van der Waals surface area (Å²) < 4.78 is 20.9. The van der Waals surface area contributed by atoms with Crippen molar-refractivity contribution in [3.63, 3.8) is 0 Å². The molecule has 0 aliphatic rings. The summed E-state index contributed by atoms with van der Waals surface area (Å²) in [7, 11) is 0. The molecule has 2 aromatic heterocycles. The Bertz CT molecular complexity index is 1260. The average molecular weight is 458 g/mol. The number of imidazole rings is 1. The molecule has 0 radical (unpaired) electrons. The second-order valence-corrected chi connectivity index (χ2v) is 7.50. The molecule has 0 bridgehead atoms. The number of hydrogen-bond acceptors (Lipinski definition) is 4. The summed E-state index contributed by atoms with van der Waals surface area (Å²) in [5, 5.41) is 5.51. The van der Waals surface area contributed by atoms with E-state index in [4.69, 9.17) is 4.42 Å². The first-order valence-corrected chi connectivity index (χ1v) is 10.8. The molecule has 2 amide bonds. The topological polar surface area (TPSA) is 89.2 Å². The lowest BCUT2D eigenvalue weighted by molar-refractivity contribution is -0.117. The van der Waals surface area contributed by atoms with Crippen LogP contribution in [0.3, 0.4) is 0 Å². The minimum absolute atomic E-state index is 0.0523. The average Bonchev–Trinajstić information content (AvgIpc) is 3.55. The van der Waals surface area contributed by atoms with Gasteiger partial charge in [-0.3, -0.25) is 9.59 Å². The Hall–Kier alpha value is -4.46. The van der Waals surface area contributed by atoms with Gasteiger partial charge in [-0.1, -0.05) is 18.2 Å². The molecular formula is C26H23FN4O3. The lowest BCUT2D eigenvalue weighted by atomic mass is 10.2. The fourth-order valence-corrected chi connectivity index (χ4v) is 3.26. The Kier molecular flexibility index (Phi) is 7.29. The van der Waals surface area contributed by atoms with Gasteiger partial charge in [0.2, 0.25) is 0 Å². The molecule has 34 heavy (non-hydrogen) atoms. The Balaban J connectivity index is 1.49. The number of aryl methyl sites for hydroxylation is 1. The van der Waals surface area contributed by atoms with Crippen molar-refractivity contribution in [2.75, 3.05) is 6.54 Å². The van der Waals surface area contributed by atoms with Crippen molar-refractivity contribution in [3.8, 4) is 11.3 Å². The standard InChI is InChI=1S/C26H23FN4O3/c27-21-9-7-19(8-10-21)24-12-11-22(34-24)17-23(30-25(32)20-5-2-1-3-6-20)26(33)29-13-4-15-31-16-14-28-18-31/h1-3,5-12,14,16-18H,4,13,15H2,(H,29,33)(H,30,32)/b23-17-. The summed E-state index contributed by atoms with van der Waals surface area (Å²) in [4.78, 5) is 29.6. The second-order valence-electron chi connectivity index (χ2n) is 7.50. The second kappa shape index (κ2) is 10.9. The highest BCUT2D eigenvalue weighted by molar-refractivity contribution is 6.05. The van der Waals surface area contributed by atoms with E-state index in [-0.39, 0.29) is 11.5 Å². The number of furan rings is 1. The third-order valence-corrected chi connectivity index (χ3v) is 5.01. The predicted molar refractivity (Wildman–Crippen MR) is 126 cm³/mol. The van der Waals surface area contributed by atoms with Gasteiger partial charge in [0.1, 0.15) is 23.0 Å². The summed E-state index contributed by atoms with van der Waals surface area (Å²) in [6.45, 7) is 1.11. The van der Waals surface area contributed by atoms with E-state index in [1.54, 1.807) is 67.1 Å². The highest BCUT2D eigenvalue weighted by atomic mass is 19.1. The SMILES string of the molecule is O=C(NCCCn1ccnc1)/C(=C/c1ccc(-c2ccc(F)cc2)o1)NC(=O)c1ccccc1. The van der Waals surface area contributed by atoms with Crippen LogP contribution in [0.5, 0.6) is 0 Å². The summed E-state index contributed by atoms with van der Waals surface area (Å²) in [5.74, 6) is -0.302. The first kappa shape index (κ1) is 22.7. The number of nitrogens with one attached hydrogen (secondary N) is 2. The minimum Gasteiger partial charge on any atom is -0.457 e. The van der Waals surface area contributed by atoms with Gasteiger partial charge in [0.15, 0.2) is 0 Å². The van der Waals surface area contributed by atoms with Gasteiger partial charge in [-0.05, 0) is 55.0 Å². The van der Waals surface area contributed by atoms with Gasteiger partial charge in [-0.2, -0.15) is 0 Å². The zero-order valence-corrected chi connectivity index (χ0v) is 18.3. The van der Waals surface area contributed by atoms with Gasteiger partial charge in [0.05, 0.1) is 6.33 Å². The molecule has 0 aliphatic carbocycles. The van der Waals surface area contributed by atoms with Crippen molar-refractivity contribution in [2.45, 2.75) is 13.0 Å². The van der Waals surface area contributed by atoms with Gasteiger partial charge < -0.3 is 19.6 Å². The lowest BCUT2D eigenvalue weighted by Crippen LogP contribution is -2.35. The van der Waals surface area contributed by atoms with Crippen LogP contribution in [0.25, 0.3) is 17.4 Å². The first-order valence-electron chi connectivity index (χ1n) is 10.8. The van der Waals surface area contributed by atoms with Crippen LogP contribution in [0.1, 0.15) is 22.5 Å². The molecule has 7 nitrogen and oxygen atoms in total. The number of halogens is 1. The highest BCUT2D eigenvalue weighted by Gasteiger charge is 2.15. The molecular weight excluding hydrogens is 435 g/mol. The van der Waals surface area contributed by atoms with Gasteiger partial charge in [0, 0.05) is 42.7 Å². The van der Waals surface area contributed by atoms with Crippen LogP contribution in [0.15, 0.2) is 95.6 Å². The predicted octanol–water partition coefficient (Wildman–Crippen LogP) is 4.26. The Morgan fingerprint density at radius 3 is 2.56 bits per heavy atom. The van der Waals surface area contributed by atoms with E-state index in [1.807, 2.05) is 10.8 Å². The number of rotatable bonds is 9. The fourth-order valence-electron chi connectivity index (χ4n) is 3.26. The van der Waals surface area contributed by atoms with E-state index in [9.17, 15) is 14.0 Å². The molecule has 4 rings (SSSR count). The van der Waals surface area contributed by atoms with Crippen molar-refractivity contribution in [1.82, 2.24) is 20.2 Å². The normalized spacial score (nSPS) is 11.3. The number of carbonyl (C=O) groups is 2. The molecule has 2 N–H and O–H groups in total. The Morgan fingerprint density at radius 2 is 1.82 bits per heavy atom. The highest BCUT2D eigenvalue weighted by Crippen LogP contribution is 2.23. The molecule has 2 heterocycles. The van der Waals surface area contributed by atoms with Gasteiger partial charge in [-0.25, -0.2) is 9.37 Å². The molecule has 8 heteroatoms. The quantitative estimate of drug-likeness (QED) is 0.290. The number of amides is 2. The van der Waals surface area contributed by atoms with E-state index in [1.165, 1.54) is 18.2 Å². The molecule has 0 saturated carbocycles. The van der Waals surface area contributed by atoms with Crippen molar-refractivity contribution in [2.24, 2.45) is 0 Å².